The van der Waals surface area contributed by atoms with E-state index < -0.39 is 0 Å². The van der Waals surface area contributed by atoms with E-state index in [1.165, 1.54) is 11.1 Å². The van der Waals surface area contributed by atoms with Gasteiger partial charge in [-0.05, 0) is 30.4 Å². The molecule has 2 saturated heterocycles. The lowest BCUT2D eigenvalue weighted by molar-refractivity contribution is -0.152. The van der Waals surface area contributed by atoms with E-state index in [9.17, 15) is 4.79 Å². The maximum absolute atomic E-state index is 11.8. The van der Waals surface area contributed by atoms with Gasteiger partial charge in [0.25, 0.3) is 0 Å². The minimum absolute atomic E-state index is 0.132. The summed E-state index contributed by atoms with van der Waals surface area (Å²) in [5.74, 6) is 0.309. The van der Waals surface area contributed by atoms with Gasteiger partial charge in [0.1, 0.15) is 11.7 Å². The molecule has 1 aromatic carbocycles. The number of fused-ring (bicyclic) bond motifs is 2. The maximum atomic E-state index is 11.8. The van der Waals surface area contributed by atoms with Gasteiger partial charge in [-0.2, -0.15) is 0 Å². The number of carbonyl (C=O) groups is 1. The van der Waals surface area contributed by atoms with Crippen LogP contribution in [-0.2, 0) is 21.6 Å². The number of benzene rings is 1. The Hall–Kier alpha value is -1.15. The molecule has 0 unspecified atom stereocenters. The summed E-state index contributed by atoms with van der Waals surface area (Å²) in [6.45, 7) is 2.30. The predicted octanol–water partition coefficient (Wildman–Crippen LogP) is 2.60. The van der Waals surface area contributed by atoms with Crippen LogP contribution in [0.15, 0.2) is 24.3 Å². The Morgan fingerprint density at radius 2 is 2.18 bits per heavy atom. The van der Waals surface area contributed by atoms with E-state index in [-0.39, 0.29) is 17.1 Å². The first-order valence-electron chi connectivity index (χ1n) is 6.44. The van der Waals surface area contributed by atoms with Crippen molar-refractivity contribution in [1.82, 2.24) is 0 Å². The average Bonchev–Trinajstić information content (AvgIpc) is 2.68. The highest BCUT2D eigenvalue weighted by atomic mass is 16.5. The SMILES string of the molecule is C[C@@]12Cc3ccccc3[C@@]13CCC(=O)[C@@H](C2)O3. The minimum Gasteiger partial charge on any atom is -0.359 e. The summed E-state index contributed by atoms with van der Waals surface area (Å²) in [6, 6.07) is 8.60. The summed E-state index contributed by atoms with van der Waals surface area (Å²) >= 11 is 0. The number of hydrogen-bond donors (Lipinski definition) is 0. The van der Waals surface area contributed by atoms with Crippen LogP contribution in [0.2, 0.25) is 0 Å². The largest absolute Gasteiger partial charge is 0.359 e. The molecule has 0 aromatic heterocycles. The summed E-state index contributed by atoms with van der Waals surface area (Å²) < 4.78 is 6.20. The zero-order valence-corrected chi connectivity index (χ0v) is 10.0. The molecule has 2 heteroatoms. The third kappa shape index (κ3) is 0.987. The zero-order valence-electron chi connectivity index (χ0n) is 10.0. The van der Waals surface area contributed by atoms with Gasteiger partial charge in [0.15, 0.2) is 5.78 Å². The first kappa shape index (κ1) is 9.84. The fourth-order valence-corrected chi connectivity index (χ4v) is 4.23. The second-order valence-corrected chi connectivity index (χ2v) is 6.00. The van der Waals surface area contributed by atoms with E-state index in [0.29, 0.717) is 12.2 Å². The summed E-state index contributed by atoms with van der Waals surface area (Å²) in [7, 11) is 0. The van der Waals surface area contributed by atoms with Crippen molar-refractivity contribution in [3.63, 3.8) is 0 Å². The molecule has 3 atom stereocenters. The Morgan fingerprint density at radius 1 is 1.35 bits per heavy atom. The quantitative estimate of drug-likeness (QED) is 0.682. The molecule has 0 amide bonds. The van der Waals surface area contributed by atoms with Crippen molar-refractivity contribution < 1.29 is 9.53 Å². The average molecular weight is 228 g/mol. The number of rotatable bonds is 0. The topological polar surface area (TPSA) is 26.3 Å². The van der Waals surface area contributed by atoms with Crippen molar-refractivity contribution in [2.45, 2.75) is 44.3 Å². The number of ether oxygens (including phenoxy) is 1. The third-order valence-corrected chi connectivity index (χ3v) is 5.07. The van der Waals surface area contributed by atoms with E-state index in [1.54, 1.807) is 0 Å². The monoisotopic (exact) mass is 228 g/mol. The molecule has 4 rings (SSSR count). The van der Waals surface area contributed by atoms with Gasteiger partial charge in [-0.3, -0.25) is 4.79 Å². The Labute approximate surface area is 101 Å². The van der Waals surface area contributed by atoms with E-state index in [0.717, 1.165) is 19.3 Å². The zero-order chi connectivity index (χ0) is 11.7. The summed E-state index contributed by atoms with van der Waals surface area (Å²) in [5, 5.41) is 0. The van der Waals surface area contributed by atoms with Gasteiger partial charge in [-0.15, -0.1) is 0 Å². The molecule has 2 nitrogen and oxygen atoms in total. The lowest BCUT2D eigenvalue weighted by Gasteiger charge is -2.38. The second-order valence-electron chi connectivity index (χ2n) is 6.00. The number of Topliss-reactive ketones (excluding diaryl/α,β-unsaturated/α-hetero) is 1. The third-order valence-electron chi connectivity index (χ3n) is 5.07. The fourth-order valence-electron chi connectivity index (χ4n) is 4.23. The first-order valence-corrected chi connectivity index (χ1v) is 6.44. The van der Waals surface area contributed by atoms with Crippen molar-refractivity contribution in [2.75, 3.05) is 0 Å². The molecule has 88 valence electrons. The molecule has 2 heterocycles. The van der Waals surface area contributed by atoms with Crippen LogP contribution in [0.3, 0.4) is 0 Å². The minimum atomic E-state index is -0.165. The molecule has 0 saturated carbocycles. The second kappa shape index (κ2) is 2.81. The van der Waals surface area contributed by atoms with Crippen LogP contribution >= 0.6 is 0 Å². The van der Waals surface area contributed by atoms with Gasteiger partial charge >= 0.3 is 0 Å². The van der Waals surface area contributed by atoms with Crippen molar-refractivity contribution in [3.8, 4) is 0 Å². The molecule has 1 aliphatic carbocycles. The highest BCUT2D eigenvalue weighted by Crippen LogP contribution is 2.64. The summed E-state index contributed by atoms with van der Waals surface area (Å²) in [5.41, 5.74) is 2.73. The fraction of sp³-hybridized carbons (Fsp3) is 0.533. The number of ketones is 1. The molecule has 3 aliphatic rings. The van der Waals surface area contributed by atoms with E-state index >= 15 is 0 Å². The van der Waals surface area contributed by atoms with Gasteiger partial charge in [0, 0.05) is 11.8 Å². The number of carbonyl (C=O) groups excluding carboxylic acids is 1. The Morgan fingerprint density at radius 3 is 3.06 bits per heavy atom. The van der Waals surface area contributed by atoms with Crippen LogP contribution in [0.1, 0.15) is 37.3 Å². The van der Waals surface area contributed by atoms with Crippen LogP contribution in [0.25, 0.3) is 0 Å². The molecule has 0 N–H and O–H groups in total. The Kier molecular flexibility index (Phi) is 1.62. The molecular formula is C15H16O2. The molecule has 0 radical (unpaired) electrons. The van der Waals surface area contributed by atoms with Gasteiger partial charge in [-0.1, -0.05) is 31.2 Å². The smallest absolute Gasteiger partial charge is 0.161 e. The van der Waals surface area contributed by atoms with Crippen molar-refractivity contribution in [3.05, 3.63) is 35.4 Å². The van der Waals surface area contributed by atoms with Crippen LogP contribution in [0.4, 0.5) is 0 Å². The molecule has 2 fully saturated rings. The van der Waals surface area contributed by atoms with Crippen molar-refractivity contribution in [1.29, 1.82) is 0 Å². The molecule has 2 bridgehead atoms. The summed E-state index contributed by atoms with van der Waals surface area (Å²) in [4.78, 5) is 11.8. The van der Waals surface area contributed by atoms with E-state index in [2.05, 4.69) is 31.2 Å². The number of hydrogen-bond acceptors (Lipinski definition) is 2. The molecule has 1 spiro atoms. The van der Waals surface area contributed by atoms with Crippen LogP contribution in [0.5, 0.6) is 0 Å². The Balaban J connectivity index is 1.93. The highest BCUT2D eigenvalue weighted by molar-refractivity contribution is 5.85. The van der Waals surface area contributed by atoms with Gasteiger partial charge in [-0.25, -0.2) is 0 Å². The standard InChI is InChI=1S/C15H16O2/c1-14-8-10-4-2-3-5-11(10)15(14)7-6-12(16)13(9-14)17-15/h2-5,13H,6-9H2,1H3/t13-,14+,15+/m1/s1. The molecule has 17 heavy (non-hydrogen) atoms. The van der Waals surface area contributed by atoms with Crippen LogP contribution < -0.4 is 0 Å². The summed E-state index contributed by atoms with van der Waals surface area (Å²) in [6.07, 6.45) is 3.39. The van der Waals surface area contributed by atoms with E-state index in [1.807, 2.05) is 0 Å². The normalized spacial score (nSPS) is 42.4. The van der Waals surface area contributed by atoms with Crippen molar-refractivity contribution >= 4 is 5.78 Å². The Bertz CT molecular complexity index is 521. The molecule has 1 aromatic rings. The van der Waals surface area contributed by atoms with Crippen LogP contribution in [-0.4, -0.2) is 11.9 Å². The van der Waals surface area contributed by atoms with Crippen LogP contribution in [0, 0.1) is 5.41 Å². The van der Waals surface area contributed by atoms with E-state index in [4.69, 9.17) is 4.74 Å². The lowest BCUT2D eigenvalue weighted by atomic mass is 9.72. The van der Waals surface area contributed by atoms with Gasteiger partial charge in [0.2, 0.25) is 0 Å². The maximum Gasteiger partial charge on any atom is 0.161 e. The predicted molar refractivity (Wildman–Crippen MR) is 63.7 cm³/mol. The van der Waals surface area contributed by atoms with Gasteiger partial charge in [0.05, 0.1) is 0 Å². The molecular weight excluding hydrogens is 212 g/mol. The van der Waals surface area contributed by atoms with Crippen molar-refractivity contribution in [2.24, 2.45) is 5.41 Å². The first-order chi connectivity index (χ1) is 8.15. The highest BCUT2D eigenvalue weighted by Gasteiger charge is 2.64. The lowest BCUT2D eigenvalue weighted by Crippen LogP contribution is -2.40. The molecule has 2 aliphatic heterocycles. The van der Waals surface area contributed by atoms with Gasteiger partial charge < -0.3 is 4.74 Å².